The van der Waals surface area contributed by atoms with Crippen molar-refractivity contribution in [2.45, 2.75) is 29.4 Å². The third-order valence-electron chi connectivity index (χ3n) is 4.04. The van der Waals surface area contributed by atoms with E-state index in [1.165, 1.54) is 30.5 Å². The summed E-state index contributed by atoms with van der Waals surface area (Å²) in [5, 5.41) is 0. The van der Waals surface area contributed by atoms with E-state index in [-0.39, 0.29) is 0 Å². The minimum Gasteiger partial charge on any atom is -0.291 e. The predicted molar refractivity (Wildman–Crippen MR) is 93.1 cm³/mol. The summed E-state index contributed by atoms with van der Waals surface area (Å²) in [6.07, 6.45) is 2.59. The molecular formula is C18H20IN. The standard InChI is InChI=1S/C18H20IN/c19-17-11-12-18(16-9-5-2-6-10-16)20(14-17)13-15-7-3-1-4-8-15/h1-10,17-18H,11-14H2/t17-,18+/m0/s1. The van der Waals surface area contributed by atoms with E-state index in [0.717, 1.165) is 10.5 Å². The molecule has 1 aliphatic heterocycles. The number of benzene rings is 2. The van der Waals surface area contributed by atoms with Crippen LogP contribution < -0.4 is 0 Å². The van der Waals surface area contributed by atoms with Crippen LogP contribution in [-0.2, 0) is 6.54 Å². The number of rotatable bonds is 3. The van der Waals surface area contributed by atoms with E-state index in [9.17, 15) is 0 Å². The van der Waals surface area contributed by atoms with Gasteiger partial charge in [0.25, 0.3) is 0 Å². The zero-order valence-electron chi connectivity index (χ0n) is 11.6. The maximum atomic E-state index is 2.64. The Bertz CT molecular complexity index is 526. The average molecular weight is 377 g/mol. The van der Waals surface area contributed by atoms with Gasteiger partial charge in [0.15, 0.2) is 0 Å². The van der Waals surface area contributed by atoms with Crippen LogP contribution in [0.25, 0.3) is 0 Å². The smallest absolute Gasteiger partial charge is 0.0352 e. The highest BCUT2D eigenvalue weighted by molar-refractivity contribution is 14.1. The normalized spacial score (nSPS) is 23.6. The van der Waals surface area contributed by atoms with Crippen molar-refractivity contribution in [1.29, 1.82) is 0 Å². The van der Waals surface area contributed by atoms with Crippen molar-refractivity contribution in [3.63, 3.8) is 0 Å². The van der Waals surface area contributed by atoms with E-state index in [1.54, 1.807) is 0 Å². The van der Waals surface area contributed by atoms with Crippen LogP contribution in [0.4, 0.5) is 0 Å². The molecule has 0 radical (unpaired) electrons. The predicted octanol–water partition coefficient (Wildman–Crippen LogP) is 4.83. The van der Waals surface area contributed by atoms with E-state index in [0.29, 0.717) is 6.04 Å². The van der Waals surface area contributed by atoms with Crippen molar-refractivity contribution in [3.8, 4) is 0 Å². The van der Waals surface area contributed by atoms with Crippen molar-refractivity contribution in [1.82, 2.24) is 4.90 Å². The van der Waals surface area contributed by atoms with Gasteiger partial charge in [-0.05, 0) is 24.0 Å². The molecule has 1 nitrogen and oxygen atoms in total. The number of piperidine rings is 1. The molecule has 2 heteroatoms. The molecule has 2 aromatic carbocycles. The largest absolute Gasteiger partial charge is 0.291 e. The van der Waals surface area contributed by atoms with Gasteiger partial charge >= 0.3 is 0 Å². The van der Waals surface area contributed by atoms with Crippen molar-refractivity contribution in [2.24, 2.45) is 0 Å². The van der Waals surface area contributed by atoms with Crippen LogP contribution in [0, 0.1) is 0 Å². The maximum Gasteiger partial charge on any atom is 0.0352 e. The lowest BCUT2D eigenvalue weighted by atomic mass is 9.94. The van der Waals surface area contributed by atoms with Gasteiger partial charge in [-0.2, -0.15) is 0 Å². The van der Waals surface area contributed by atoms with Gasteiger partial charge < -0.3 is 0 Å². The van der Waals surface area contributed by atoms with Crippen LogP contribution in [0.1, 0.15) is 30.0 Å². The molecule has 0 unspecified atom stereocenters. The Morgan fingerprint density at radius 1 is 0.900 bits per heavy atom. The second-order valence-electron chi connectivity index (χ2n) is 5.52. The van der Waals surface area contributed by atoms with E-state index >= 15 is 0 Å². The summed E-state index contributed by atoms with van der Waals surface area (Å²) in [6, 6.07) is 22.4. The van der Waals surface area contributed by atoms with E-state index < -0.39 is 0 Å². The van der Waals surface area contributed by atoms with E-state index in [4.69, 9.17) is 0 Å². The molecule has 1 heterocycles. The molecular weight excluding hydrogens is 357 g/mol. The highest BCUT2D eigenvalue weighted by Crippen LogP contribution is 2.34. The first-order valence-corrected chi connectivity index (χ1v) is 8.54. The van der Waals surface area contributed by atoms with Crippen molar-refractivity contribution in [3.05, 3.63) is 71.8 Å². The third-order valence-corrected chi connectivity index (χ3v) is 5.06. The fourth-order valence-electron chi connectivity index (χ4n) is 3.04. The lowest BCUT2D eigenvalue weighted by Gasteiger charge is -2.38. The van der Waals surface area contributed by atoms with Gasteiger partial charge in [-0.3, -0.25) is 4.90 Å². The summed E-state index contributed by atoms with van der Waals surface area (Å²) in [4.78, 5) is 2.64. The van der Waals surface area contributed by atoms with Crippen LogP contribution in [0.3, 0.4) is 0 Å². The lowest BCUT2D eigenvalue weighted by Crippen LogP contribution is -2.38. The molecule has 2 atom stereocenters. The van der Waals surface area contributed by atoms with Crippen molar-refractivity contribution in [2.75, 3.05) is 6.54 Å². The quantitative estimate of drug-likeness (QED) is 0.547. The molecule has 2 aromatic rings. The molecule has 0 amide bonds. The van der Waals surface area contributed by atoms with Crippen molar-refractivity contribution >= 4 is 22.6 Å². The molecule has 1 aliphatic rings. The van der Waals surface area contributed by atoms with Gasteiger partial charge in [-0.15, -0.1) is 0 Å². The first kappa shape index (κ1) is 14.1. The topological polar surface area (TPSA) is 3.24 Å². The molecule has 0 N–H and O–H groups in total. The summed E-state index contributed by atoms with van der Waals surface area (Å²) in [5.41, 5.74) is 2.88. The lowest BCUT2D eigenvalue weighted by molar-refractivity contribution is 0.148. The number of alkyl halides is 1. The van der Waals surface area contributed by atoms with Crippen LogP contribution >= 0.6 is 22.6 Å². The summed E-state index contributed by atoms with van der Waals surface area (Å²) >= 11 is 2.60. The highest BCUT2D eigenvalue weighted by atomic mass is 127. The molecule has 0 saturated carbocycles. The fraction of sp³-hybridized carbons (Fsp3) is 0.333. The highest BCUT2D eigenvalue weighted by Gasteiger charge is 2.27. The van der Waals surface area contributed by atoms with Crippen LogP contribution in [0.5, 0.6) is 0 Å². The molecule has 0 aromatic heterocycles. The van der Waals surface area contributed by atoms with Gasteiger partial charge in [0.05, 0.1) is 0 Å². The number of hydrogen-bond donors (Lipinski definition) is 0. The SMILES string of the molecule is I[C@H]1CC[C@H](c2ccccc2)N(Cc2ccccc2)C1. The first-order chi connectivity index (χ1) is 9.83. The molecule has 3 rings (SSSR count). The Labute approximate surface area is 135 Å². The van der Waals surface area contributed by atoms with Gasteiger partial charge in [0.2, 0.25) is 0 Å². The van der Waals surface area contributed by atoms with Crippen molar-refractivity contribution < 1.29 is 0 Å². The van der Waals surface area contributed by atoms with Crippen LogP contribution in [0.15, 0.2) is 60.7 Å². The first-order valence-electron chi connectivity index (χ1n) is 7.30. The summed E-state index contributed by atoms with van der Waals surface area (Å²) in [6.45, 7) is 2.24. The Morgan fingerprint density at radius 3 is 2.25 bits per heavy atom. The summed E-state index contributed by atoms with van der Waals surface area (Å²) in [5.74, 6) is 0. The Balaban J connectivity index is 1.80. The molecule has 20 heavy (non-hydrogen) atoms. The fourth-order valence-corrected chi connectivity index (χ4v) is 3.91. The zero-order valence-corrected chi connectivity index (χ0v) is 13.7. The third kappa shape index (κ3) is 3.41. The summed E-state index contributed by atoms with van der Waals surface area (Å²) in [7, 11) is 0. The molecule has 1 fully saturated rings. The summed E-state index contributed by atoms with van der Waals surface area (Å²) < 4.78 is 0.774. The molecule has 0 aliphatic carbocycles. The van der Waals surface area contributed by atoms with Gasteiger partial charge in [0.1, 0.15) is 0 Å². The Hall–Kier alpha value is -0.870. The van der Waals surface area contributed by atoms with Crippen LogP contribution in [-0.4, -0.2) is 15.4 Å². The second kappa shape index (κ2) is 6.72. The zero-order chi connectivity index (χ0) is 13.8. The number of hydrogen-bond acceptors (Lipinski definition) is 1. The average Bonchev–Trinajstić information content (AvgIpc) is 2.49. The van der Waals surface area contributed by atoms with E-state index in [1.807, 2.05) is 0 Å². The number of nitrogens with zero attached hydrogens (tertiary/aromatic N) is 1. The second-order valence-corrected chi connectivity index (χ2v) is 7.28. The molecule has 0 bridgehead atoms. The number of likely N-dealkylation sites (tertiary alicyclic amines) is 1. The van der Waals surface area contributed by atoms with E-state index in [2.05, 4.69) is 88.2 Å². The van der Waals surface area contributed by atoms with Gasteiger partial charge in [-0.25, -0.2) is 0 Å². The van der Waals surface area contributed by atoms with Gasteiger partial charge in [-0.1, -0.05) is 83.3 Å². The minimum atomic E-state index is 0.572. The minimum absolute atomic E-state index is 0.572. The molecule has 0 spiro atoms. The van der Waals surface area contributed by atoms with Gasteiger partial charge in [0, 0.05) is 23.1 Å². The van der Waals surface area contributed by atoms with Crippen LogP contribution in [0.2, 0.25) is 0 Å². The maximum absolute atomic E-state index is 2.64. The monoisotopic (exact) mass is 377 g/mol. The Kier molecular flexibility index (Phi) is 4.73. The molecule has 1 saturated heterocycles. The molecule has 104 valence electrons. The number of halogens is 1. The Morgan fingerprint density at radius 2 is 1.55 bits per heavy atom.